The van der Waals surface area contributed by atoms with Gasteiger partial charge in [-0.05, 0) is 30.5 Å². The smallest absolute Gasteiger partial charge is 0.338 e. The van der Waals surface area contributed by atoms with E-state index in [-0.39, 0.29) is 43.8 Å². The zero-order chi connectivity index (χ0) is 28.3. The average Bonchev–Trinajstić information content (AvgIpc) is 2.95. The zero-order valence-corrected chi connectivity index (χ0v) is 22.0. The van der Waals surface area contributed by atoms with Gasteiger partial charge < -0.3 is 14.2 Å². The predicted octanol–water partition coefficient (Wildman–Crippen LogP) is 5.59. The van der Waals surface area contributed by atoms with Crippen molar-refractivity contribution in [3.8, 4) is 0 Å². The number of carbonyl (C=O) groups excluding carboxylic acids is 3. The Morgan fingerprint density at radius 2 is 1.33 bits per heavy atom. The maximum absolute atomic E-state index is 13.7. The number of rotatable bonds is 13. The van der Waals surface area contributed by atoms with Gasteiger partial charge in [0.1, 0.15) is 13.2 Å². The minimum Gasteiger partial charge on any atom is -0.462 e. The van der Waals surface area contributed by atoms with E-state index in [1.165, 1.54) is 12.1 Å². The summed E-state index contributed by atoms with van der Waals surface area (Å²) in [6, 6.07) is 21.8. The molecule has 204 valence electrons. The second-order valence-electron chi connectivity index (χ2n) is 8.95. The third kappa shape index (κ3) is 7.50. The van der Waals surface area contributed by atoms with E-state index in [2.05, 4.69) is 0 Å². The molecule has 9 heteroatoms. The fourth-order valence-electron chi connectivity index (χ4n) is 4.22. The van der Waals surface area contributed by atoms with E-state index >= 15 is 0 Å². The van der Waals surface area contributed by atoms with Gasteiger partial charge in [-0.2, -0.15) is 0 Å². The lowest BCUT2D eigenvalue weighted by Crippen LogP contribution is -2.44. The Kier molecular flexibility index (Phi) is 10.3. The van der Waals surface area contributed by atoms with E-state index in [4.69, 9.17) is 14.2 Å². The number of nitro groups is 1. The molecule has 0 aliphatic heterocycles. The summed E-state index contributed by atoms with van der Waals surface area (Å²) in [5, 5.41) is 12.0. The first-order valence-electron chi connectivity index (χ1n) is 12.7. The highest BCUT2D eigenvalue weighted by molar-refractivity contribution is 6.00. The van der Waals surface area contributed by atoms with E-state index < -0.39 is 33.9 Å². The number of hydrogen-bond donors (Lipinski definition) is 0. The van der Waals surface area contributed by atoms with Crippen molar-refractivity contribution in [2.75, 3.05) is 6.61 Å². The fraction of sp³-hybridized carbons (Fsp3) is 0.300. The summed E-state index contributed by atoms with van der Waals surface area (Å²) in [7, 11) is 0. The van der Waals surface area contributed by atoms with Crippen LogP contribution in [0.1, 0.15) is 53.7 Å². The monoisotopic (exact) mass is 533 g/mol. The molecule has 0 aliphatic rings. The van der Waals surface area contributed by atoms with Crippen molar-refractivity contribution in [1.29, 1.82) is 0 Å². The number of hydrogen-bond acceptors (Lipinski definition) is 8. The van der Waals surface area contributed by atoms with Crippen LogP contribution in [0.3, 0.4) is 0 Å². The molecular formula is C30H31NO8. The quantitative estimate of drug-likeness (QED) is 0.0916. The Morgan fingerprint density at radius 1 is 0.795 bits per heavy atom. The molecule has 3 aromatic carbocycles. The van der Waals surface area contributed by atoms with E-state index in [1.54, 1.807) is 62.4 Å². The first-order valence-corrected chi connectivity index (χ1v) is 12.7. The lowest BCUT2D eigenvalue weighted by atomic mass is 9.77. The van der Waals surface area contributed by atoms with Crippen LogP contribution in [-0.4, -0.2) is 29.4 Å². The van der Waals surface area contributed by atoms with Crippen LogP contribution < -0.4 is 0 Å². The molecule has 0 spiro atoms. The number of esters is 3. The summed E-state index contributed by atoms with van der Waals surface area (Å²) >= 11 is 0. The Bertz CT molecular complexity index is 1240. The summed E-state index contributed by atoms with van der Waals surface area (Å²) < 4.78 is 16.2. The van der Waals surface area contributed by atoms with Gasteiger partial charge in [0.05, 0.1) is 17.1 Å². The number of carbonyl (C=O) groups is 3. The van der Waals surface area contributed by atoms with Crippen LogP contribution >= 0.6 is 0 Å². The van der Waals surface area contributed by atoms with Crippen LogP contribution in [0.15, 0.2) is 78.9 Å². The molecule has 0 saturated heterocycles. The van der Waals surface area contributed by atoms with Gasteiger partial charge in [0.15, 0.2) is 5.41 Å². The molecule has 0 N–H and O–H groups in total. The molecule has 0 aromatic heterocycles. The highest BCUT2D eigenvalue weighted by atomic mass is 16.6. The van der Waals surface area contributed by atoms with Crippen molar-refractivity contribution in [2.45, 2.75) is 46.3 Å². The summed E-state index contributed by atoms with van der Waals surface area (Å²) in [6.07, 6.45) is 0.0854. The van der Waals surface area contributed by atoms with Gasteiger partial charge in [-0.15, -0.1) is 0 Å². The van der Waals surface area contributed by atoms with Gasteiger partial charge >= 0.3 is 17.9 Å². The van der Waals surface area contributed by atoms with Gasteiger partial charge in [-0.3, -0.25) is 19.7 Å². The van der Waals surface area contributed by atoms with Crippen LogP contribution in [0.4, 0.5) is 5.69 Å². The summed E-state index contributed by atoms with van der Waals surface area (Å²) in [4.78, 5) is 50.8. The molecule has 0 saturated carbocycles. The minimum atomic E-state index is -1.85. The van der Waals surface area contributed by atoms with Gasteiger partial charge in [-0.25, -0.2) is 4.79 Å². The molecule has 0 atom stereocenters. The molecule has 3 aromatic rings. The first-order chi connectivity index (χ1) is 18.8. The number of nitrogens with zero attached hydrogens (tertiary/aromatic N) is 1. The molecule has 0 radical (unpaired) electrons. The SMILES string of the molecule is CCCC(Cc1ccc(C(=O)OCC)cc1[N+](=O)[O-])(C(=O)OCc1ccccc1)C(=O)OCc1ccccc1. The summed E-state index contributed by atoms with van der Waals surface area (Å²) in [6.45, 7) is 3.36. The van der Waals surface area contributed by atoms with Crippen LogP contribution in [0, 0.1) is 15.5 Å². The normalized spacial score (nSPS) is 10.9. The first kappa shape index (κ1) is 29.0. The molecule has 9 nitrogen and oxygen atoms in total. The topological polar surface area (TPSA) is 122 Å². The molecule has 0 fully saturated rings. The molecule has 0 aliphatic carbocycles. The van der Waals surface area contributed by atoms with E-state index in [0.717, 1.165) is 17.2 Å². The van der Waals surface area contributed by atoms with Crippen molar-refractivity contribution < 1.29 is 33.5 Å². The molecular weight excluding hydrogens is 502 g/mol. The Morgan fingerprint density at radius 3 is 1.79 bits per heavy atom. The lowest BCUT2D eigenvalue weighted by molar-refractivity contribution is -0.385. The molecule has 39 heavy (non-hydrogen) atoms. The fourth-order valence-corrected chi connectivity index (χ4v) is 4.22. The van der Waals surface area contributed by atoms with Gasteiger partial charge in [-0.1, -0.05) is 80.1 Å². The molecule has 0 heterocycles. The molecule has 0 bridgehead atoms. The zero-order valence-electron chi connectivity index (χ0n) is 22.0. The van der Waals surface area contributed by atoms with Crippen LogP contribution in [0.25, 0.3) is 0 Å². The van der Waals surface area contributed by atoms with Crippen molar-refractivity contribution >= 4 is 23.6 Å². The summed E-state index contributed by atoms with van der Waals surface area (Å²) in [5.74, 6) is -2.39. The summed E-state index contributed by atoms with van der Waals surface area (Å²) in [5.41, 5.74) is -0.735. The second kappa shape index (κ2) is 13.9. The van der Waals surface area contributed by atoms with Crippen LogP contribution in [0.5, 0.6) is 0 Å². The second-order valence-corrected chi connectivity index (χ2v) is 8.95. The van der Waals surface area contributed by atoms with Crippen LogP contribution in [0.2, 0.25) is 0 Å². The Balaban J connectivity index is 1.99. The number of benzene rings is 3. The minimum absolute atomic E-state index is 0.00769. The Hall–Kier alpha value is -4.53. The number of nitro benzene ring substituents is 1. The predicted molar refractivity (Wildman–Crippen MR) is 143 cm³/mol. The molecule has 0 amide bonds. The maximum atomic E-state index is 13.7. The van der Waals surface area contributed by atoms with Gasteiger partial charge in [0.2, 0.25) is 0 Å². The largest absolute Gasteiger partial charge is 0.462 e. The van der Waals surface area contributed by atoms with E-state index in [0.29, 0.717) is 6.42 Å². The van der Waals surface area contributed by atoms with Crippen LogP contribution in [-0.2, 0) is 43.4 Å². The van der Waals surface area contributed by atoms with Gasteiger partial charge in [0, 0.05) is 18.1 Å². The number of ether oxygens (including phenoxy) is 3. The van der Waals surface area contributed by atoms with Gasteiger partial charge in [0.25, 0.3) is 5.69 Å². The van der Waals surface area contributed by atoms with E-state index in [9.17, 15) is 24.5 Å². The maximum Gasteiger partial charge on any atom is 0.338 e. The Labute approximate surface area is 226 Å². The van der Waals surface area contributed by atoms with Crippen molar-refractivity contribution in [3.05, 3.63) is 111 Å². The molecule has 3 rings (SSSR count). The van der Waals surface area contributed by atoms with Crippen molar-refractivity contribution in [2.24, 2.45) is 5.41 Å². The molecule has 0 unspecified atom stereocenters. The third-order valence-corrected chi connectivity index (χ3v) is 6.17. The van der Waals surface area contributed by atoms with Crippen molar-refractivity contribution in [3.63, 3.8) is 0 Å². The standard InChI is InChI=1S/C30H31NO8/c1-3-17-30(28(33)38-20-22-11-7-5-8-12-22,29(34)39-21-23-13-9-6-10-14-23)19-25-16-15-24(27(32)37-4-2)18-26(25)31(35)36/h5-16,18H,3-4,17,19-21H2,1-2H3. The highest BCUT2D eigenvalue weighted by Gasteiger charge is 2.49. The van der Waals surface area contributed by atoms with E-state index in [1.807, 2.05) is 12.1 Å². The lowest BCUT2D eigenvalue weighted by Gasteiger charge is -2.29. The van der Waals surface area contributed by atoms with Crippen molar-refractivity contribution in [1.82, 2.24) is 0 Å². The highest BCUT2D eigenvalue weighted by Crippen LogP contribution is 2.36. The average molecular weight is 534 g/mol. The third-order valence-electron chi connectivity index (χ3n) is 6.17.